The zero-order valence-corrected chi connectivity index (χ0v) is 33.9. The molecule has 2 amide bonds. The van der Waals surface area contributed by atoms with Crippen LogP contribution in [0, 0.1) is 0 Å². The highest BCUT2D eigenvalue weighted by Crippen LogP contribution is 2.32. The summed E-state index contributed by atoms with van der Waals surface area (Å²) in [5.41, 5.74) is 13.6. The van der Waals surface area contributed by atoms with E-state index in [2.05, 4.69) is 30.2 Å². The topological polar surface area (TPSA) is 223 Å². The number of aliphatic hydroxyl groups excluding tert-OH is 1. The summed E-state index contributed by atoms with van der Waals surface area (Å²) in [4.78, 5) is 48.1. The number of nitrogens with two attached hydrogens (primary N) is 2. The number of rotatable bonds is 24. The highest BCUT2D eigenvalue weighted by atomic mass is 35.5. The molecule has 1 aliphatic rings. The lowest BCUT2D eigenvalue weighted by atomic mass is 9.87. The van der Waals surface area contributed by atoms with Gasteiger partial charge in [-0.2, -0.15) is 0 Å². The summed E-state index contributed by atoms with van der Waals surface area (Å²) < 4.78 is 26.5. The first-order valence-electron chi connectivity index (χ1n) is 18.8. The van der Waals surface area contributed by atoms with E-state index >= 15 is 0 Å². The maximum atomic E-state index is 13.6. The van der Waals surface area contributed by atoms with Crippen molar-refractivity contribution in [2.75, 3.05) is 91.0 Å². The molecule has 1 saturated heterocycles. The lowest BCUT2D eigenvalue weighted by Gasteiger charge is -2.29. The molecule has 2 aromatic carbocycles. The first-order chi connectivity index (χ1) is 27.2. The molecule has 1 aliphatic heterocycles. The predicted molar refractivity (Wildman–Crippen MR) is 218 cm³/mol. The molecule has 18 heteroatoms. The van der Waals surface area contributed by atoms with Crippen LogP contribution in [-0.4, -0.2) is 117 Å². The van der Waals surface area contributed by atoms with Gasteiger partial charge in [0, 0.05) is 6.54 Å². The number of methoxy groups -OCH3 is 1. The Morgan fingerprint density at radius 1 is 0.825 bits per heavy atom. The van der Waals surface area contributed by atoms with Gasteiger partial charge in [-0.3, -0.25) is 9.59 Å². The van der Waals surface area contributed by atoms with E-state index in [1.807, 2.05) is 36.4 Å². The molecular formula is C39H55Cl2N7O9. The Hall–Kier alpha value is -4.45. The molecular weight excluding hydrogens is 781 g/mol. The van der Waals surface area contributed by atoms with E-state index < -0.39 is 17.9 Å². The molecule has 1 fully saturated rings. The van der Waals surface area contributed by atoms with Crippen LogP contribution in [0.5, 0.6) is 11.5 Å². The van der Waals surface area contributed by atoms with Crippen molar-refractivity contribution in [3.8, 4) is 11.5 Å². The second-order valence-corrected chi connectivity index (χ2v) is 13.6. The number of aliphatic hydroxyl groups is 1. The minimum absolute atomic E-state index is 0. The molecule has 0 radical (unpaired) electrons. The first kappa shape index (κ1) is 46.9. The van der Waals surface area contributed by atoms with E-state index in [1.165, 1.54) is 26.4 Å². The van der Waals surface area contributed by atoms with Gasteiger partial charge in [0.1, 0.15) is 11.5 Å². The van der Waals surface area contributed by atoms with Gasteiger partial charge in [-0.25, -0.2) is 14.8 Å². The number of halogens is 2. The third kappa shape index (κ3) is 16.5. The average Bonchev–Trinajstić information content (AvgIpc) is 3.21. The van der Waals surface area contributed by atoms with E-state index in [0.29, 0.717) is 50.7 Å². The largest absolute Gasteiger partial charge is 0.484 e. The van der Waals surface area contributed by atoms with Crippen LogP contribution < -0.4 is 31.6 Å². The number of nitrogens with one attached hydrogen (secondary N) is 2. The number of hydrogen-bond acceptors (Lipinski definition) is 14. The van der Waals surface area contributed by atoms with Crippen LogP contribution in [0.2, 0.25) is 5.15 Å². The number of nitrogens with zero attached hydrogens (tertiary/aromatic N) is 3. The molecule has 57 heavy (non-hydrogen) atoms. The van der Waals surface area contributed by atoms with E-state index in [1.54, 1.807) is 12.1 Å². The number of benzene rings is 2. The van der Waals surface area contributed by atoms with E-state index in [9.17, 15) is 14.4 Å². The number of carbonyl (C=O) groups excluding carboxylic acids is 3. The average molecular weight is 837 g/mol. The van der Waals surface area contributed by atoms with E-state index in [-0.39, 0.29) is 73.1 Å². The molecule has 3 aromatic rings. The second-order valence-electron chi connectivity index (χ2n) is 13.2. The van der Waals surface area contributed by atoms with Crippen molar-refractivity contribution in [2.24, 2.45) is 0 Å². The molecule has 0 saturated carbocycles. The second kappa shape index (κ2) is 25.7. The highest BCUT2D eigenvalue weighted by Gasteiger charge is 2.24. The van der Waals surface area contributed by atoms with Crippen molar-refractivity contribution in [3.05, 3.63) is 70.5 Å². The Balaban J connectivity index is 0.00000870. The number of ether oxygens (including phenoxy) is 5. The number of amides is 2. The van der Waals surface area contributed by atoms with Gasteiger partial charge in [-0.15, -0.1) is 12.4 Å². The van der Waals surface area contributed by atoms with Crippen LogP contribution in [0.25, 0.3) is 0 Å². The molecule has 4 rings (SSSR count). The van der Waals surface area contributed by atoms with Crippen molar-refractivity contribution in [1.82, 2.24) is 25.5 Å². The van der Waals surface area contributed by atoms with Gasteiger partial charge < -0.3 is 55.8 Å². The number of carbonyl (C=O) groups is 3. The van der Waals surface area contributed by atoms with Gasteiger partial charge in [-0.1, -0.05) is 42.3 Å². The maximum absolute atomic E-state index is 13.6. The zero-order valence-electron chi connectivity index (χ0n) is 32.3. The predicted octanol–water partition coefficient (Wildman–Crippen LogP) is 3.70. The van der Waals surface area contributed by atoms with Crippen LogP contribution in [0.4, 0.5) is 11.6 Å². The lowest BCUT2D eigenvalue weighted by Crippen LogP contribution is -2.32. The number of anilines is 2. The monoisotopic (exact) mass is 835 g/mol. The first-order valence-corrected chi connectivity index (χ1v) is 19.2. The third-order valence-electron chi connectivity index (χ3n) is 9.24. The minimum atomic E-state index is -0.558. The molecule has 0 spiro atoms. The number of hydrogen-bond donors (Lipinski definition) is 5. The molecule has 1 aromatic heterocycles. The lowest BCUT2D eigenvalue weighted by molar-refractivity contribution is -0.142. The summed E-state index contributed by atoms with van der Waals surface area (Å²) >= 11 is 6.11. The number of likely N-dealkylation sites (tertiary alicyclic amines) is 1. The van der Waals surface area contributed by atoms with Crippen LogP contribution in [0.15, 0.2) is 48.5 Å². The van der Waals surface area contributed by atoms with Gasteiger partial charge in [0.15, 0.2) is 35.7 Å². The fourth-order valence-electron chi connectivity index (χ4n) is 6.21. The zero-order chi connectivity index (χ0) is 40.1. The molecule has 0 bridgehead atoms. The SMILES string of the molecule is COC(=O)COc1ccc(C(CCC(NC(=O)c2nc(Cl)c(N)nc2N)c2ccc(OCC(=O)NCCOCCOCCO)cc2)CCN2CCCCC2)cc1.Cl. The molecule has 7 N–H and O–H groups in total. The van der Waals surface area contributed by atoms with Crippen molar-refractivity contribution in [1.29, 1.82) is 0 Å². The third-order valence-corrected chi connectivity index (χ3v) is 9.51. The minimum Gasteiger partial charge on any atom is -0.484 e. The molecule has 314 valence electrons. The highest BCUT2D eigenvalue weighted by molar-refractivity contribution is 6.31. The van der Waals surface area contributed by atoms with Crippen molar-refractivity contribution >= 4 is 53.4 Å². The number of piperidine rings is 1. The summed E-state index contributed by atoms with van der Waals surface area (Å²) in [6.45, 7) is 4.26. The Bertz CT molecular complexity index is 1670. The van der Waals surface area contributed by atoms with Crippen LogP contribution in [0.3, 0.4) is 0 Å². The van der Waals surface area contributed by atoms with Crippen molar-refractivity contribution in [3.63, 3.8) is 0 Å². The Kier molecular flexibility index (Phi) is 21.2. The fourth-order valence-corrected chi connectivity index (χ4v) is 6.33. The maximum Gasteiger partial charge on any atom is 0.343 e. The Morgan fingerprint density at radius 3 is 2.11 bits per heavy atom. The number of esters is 1. The molecule has 0 aliphatic carbocycles. The van der Waals surface area contributed by atoms with Crippen LogP contribution in [-0.2, 0) is 23.8 Å². The smallest absolute Gasteiger partial charge is 0.343 e. The summed E-state index contributed by atoms with van der Waals surface area (Å²) in [6, 6.07) is 14.4. The van der Waals surface area contributed by atoms with Gasteiger partial charge in [0.25, 0.3) is 11.8 Å². The van der Waals surface area contributed by atoms with Crippen molar-refractivity contribution in [2.45, 2.75) is 50.5 Å². The van der Waals surface area contributed by atoms with Gasteiger partial charge in [0.2, 0.25) is 0 Å². The Labute approximate surface area is 344 Å². The standard InChI is InChI=1S/C39H54ClN7O9.ClH/c1-52-34(50)26-56-31-10-5-27(6-11-31)28(15-19-47-17-3-2-4-18-47)9-14-32(44-39(51)35-37(41)46-38(42)36(40)45-35)29-7-12-30(13-8-29)55-25-33(49)43-16-21-53-23-24-54-22-20-48;/h5-8,10-13,28,32,48H,2-4,9,14-26H2,1H3,(H,43,49)(H,44,51)(H4,41,42,46);1H. The molecule has 2 heterocycles. The quantitative estimate of drug-likeness (QED) is 0.0642. The van der Waals surface area contributed by atoms with Crippen LogP contribution >= 0.6 is 24.0 Å². The van der Waals surface area contributed by atoms with E-state index in [4.69, 9.17) is 47.1 Å². The number of nitrogen functional groups attached to an aromatic ring is 2. The van der Waals surface area contributed by atoms with Gasteiger partial charge >= 0.3 is 5.97 Å². The molecule has 2 atom stereocenters. The summed E-state index contributed by atoms with van der Waals surface area (Å²) in [7, 11) is 1.32. The molecule has 16 nitrogen and oxygen atoms in total. The summed E-state index contributed by atoms with van der Waals surface area (Å²) in [5, 5.41) is 14.4. The fraction of sp³-hybridized carbons (Fsp3) is 0.513. The summed E-state index contributed by atoms with van der Waals surface area (Å²) in [6.07, 6.45) is 5.78. The number of aromatic nitrogens is 2. The molecule has 2 unspecified atom stereocenters. The summed E-state index contributed by atoms with van der Waals surface area (Å²) in [5.74, 6) is -0.377. The van der Waals surface area contributed by atoms with Gasteiger partial charge in [0.05, 0.1) is 46.2 Å². The van der Waals surface area contributed by atoms with E-state index in [0.717, 1.165) is 37.2 Å². The van der Waals surface area contributed by atoms with Gasteiger partial charge in [-0.05, 0) is 93.0 Å². The Morgan fingerprint density at radius 2 is 1.46 bits per heavy atom. The van der Waals surface area contributed by atoms with Crippen LogP contribution in [0.1, 0.15) is 72.1 Å². The normalized spacial score (nSPS) is 13.8. The van der Waals surface area contributed by atoms with Crippen molar-refractivity contribution < 1.29 is 43.2 Å².